The molecule has 0 aromatic carbocycles. The van der Waals surface area contributed by atoms with Crippen LogP contribution >= 0.6 is 0 Å². The summed E-state index contributed by atoms with van der Waals surface area (Å²) in [5.41, 5.74) is 0. The van der Waals surface area contributed by atoms with Crippen molar-refractivity contribution in [3.8, 4) is 0 Å². The topological polar surface area (TPSA) is 40.5 Å². The van der Waals surface area contributed by atoms with Gasteiger partial charge in [0.1, 0.15) is 0 Å². The normalized spacial score (nSPS) is 26.9. The second kappa shape index (κ2) is 6.11. The molecule has 0 aliphatic heterocycles. The highest BCUT2D eigenvalue weighted by molar-refractivity contribution is 5.69. The van der Waals surface area contributed by atoms with Crippen LogP contribution in [-0.2, 0) is 4.79 Å². The van der Waals surface area contributed by atoms with Crippen molar-refractivity contribution in [2.45, 2.75) is 39.0 Å². The summed E-state index contributed by atoms with van der Waals surface area (Å²) >= 11 is 0. The van der Waals surface area contributed by atoms with Crippen molar-refractivity contribution >= 4 is 5.97 Å². The SMILES string of the molecule is CCCN(C)C[C@H]1CC[C@H](C(=O)O)CC1. The first-order chi connectivity index (χ1) is 7.13. The lowest BCUT2D eigenvalue weighted by molar-refractivity contribution is -0.143. The lowest BCUT2D eigenvalue weighted by atomic mass is 9.82. The summed E-state index contributed by atoms with van der Waals surface area (Å²) in [7, 11) is 2.16. The van der Waals surface area contributed by atoms with Crippen LogP contribution < -0.4 is 0 Å². The number of rotatable bonds is 5. The number of nitrogens with zero attached hydrogens (tertiary/aromatic N) is 1. The Morgan fingerprint density at radius 2 is 1.93 bits per heavy atom. The van der Waals surface area contributed by atoms with Gasteiger partial charge in [0.25, 0.3) is 0 Å². The van der Waals surface area contributed by atoms with Gasteiger partial charge in [-0.15, -0.1) is 0 Å². The van der Waals surface area contributed by atoms with Gasteiger partial charge in [0, 0.05) is 6.54 Å². The molecular formula is C12H23NO2. The number of carbonyl (C=O) groups is 1. The third-order valence-electron chi connectivity index (χ3n) is 3.37. The van der Waals surface area contributed by atoms with Gasteiger partial charge in [-0.05, 0) is 51.6 Å². The number of aliphatic carboxylic acids is 1. The summed E-state index contributed by atoms with van der Waals surface area (Å²) in [5, 5.41) is 8.88. The van der Waals surface area contributed by atoms with E-state index >= 15 is 0 Å². The molecule has 1 fully saturated rings. The Kier molecular flexibility index (Phi) is 5.09. The highest BCUT2D eigenvalue weighted by Gasteiger charge is 2.26. The molecule has 0 radical (unpaired) electrons. The van der Waals surface area contributed by atoms with Gasteiger partial charge in [0.05, 0.1) is 5.92 Å². The van der Waals surface area contributed by atoms with Gasteiger partial charge in [-0.1, -0.05) is 6.92 Å². The van der Waals surface area contributed by atoms with E-state index in [-0.39, 0.29) is 5.92 Å². The van der Waals surface area contributed by atoms with Crippen LogP contribution in [0.2, 0.25) is 0 Å². The molecule has 15 heavy (non-hydrogen) atoms. The van der Waals surface area contributed by atoms with Crippen molar-refractivity contribution in [3.05, 3.63) is 0 Å². The minimum atomic E-state index is -0.602. The van der Waals surface area contributed by atoms with Crippen LogP contribution in [0.25, 0.3) is 0 Å². The standard InChI is InChI=1S/C12H23NO2/c1-3-8-13(2)9-10-4-6-11(7-5-10)12(14)15/h10-11H,3-9H2,1-2H3,(H,14,15)/t10-,11-. The van der Waals surface area contributed by atoms with Gasteiger partial charge in [-0.2, -0.15) is 0 Å². The summed E-state index contributed by atoms with van der Waals surface area (Å²) in [4.78, 5) is 13.1. The molecule has 0 saturated heterocycles. The molecule has 0 aromatic rings. The summed E-state index contributed by atoms with van der Waals surface area (Å²) in [6.07, 6.45) is 5.12. The fourth-order valence-corrected chi connectivity index (χ4v) is 2.51. The van der Waals surface area contributed by atoms with E-state index in [0.717, 1.165) is 44.7 Å². The van der Waals surface area contributed by atoms with E-state index in [1.165, 1.54) is 6.42 Å². The Morgan fingerprint density at radius 3 is 2.40 bits per heavy atom. The Balaban J connectivity index is 2.22. The van der Waals surface area contributed by atoms with E-state index in [1.807, 2.05) is 0 Å². The van der Waals surface area contributed by atoms with Gasteiger partial charge in [0.2, 0.25) is 0 Å². The number of carboxylic acid groups (broad SMARTS) is 1. The minimum Gasteiger partial charge on any atom is -0.481 e. The van der Waals surface area contributed by atoms with E-state index in [9.17, 15) is 4.79 Å². The van der Waals surface area contributed by atoms with E-state index in [4.69, 9.17) is 5.11 Å². The largest absolute Gasteiger partial charge is 0.481 e. The average Bonchev–Trinajstić information content (AvgIpc) is 2.18. The molecule has 3 heteroatoms. The van der Waals surface area contributed by atoms with E-state index in [0.29, 0.717) is 0 Å². The summed E-state index contributed by atoms with van der Waals surface area (Å²) < 4.78 is 0. The predicted molar refractivity (Wildman–Crippen MR) is 60.9 cm³/mol. The number of carboxylic acids is 1. The zero-order valence-electron chi connectivity index (χ0n) is 9.91. The van der Waals surface area contributed by atoms with Gasteiger partial charge >= 0.3 is 5.97 Å². The van der Waals surface area contributed by atoms with Crippen molar-refractivity contribution in [2.75, 3.05) is 20.1 Å². The van der Waals surface area contributed by atoms with E-state index in [1.54, 1.807) is 0 Å². The maximum absolute atomic E-state index is 10.8. The number of hydrogen-bond donors (Lipinski definition) is 1. The molecule has 1 aliphatic carbocycles. The van der Waals surface area contributed by atoms with Crippen molar-refractivity contribution in [1.82, 2.24) is 4.90 Å². The van der Waals surface area contributed by atoms with Crippen LogP contribution in [0.15, 0.2) is 0 Å². The molecule has 0 spiro atoms. The van der Waals surface area contributed by atoms with Crippen LogP contribution in [0.5, 0.6) is 0 Å². The van der Waals surface area contributed by atoms with Gasteiger partial charge in [-0.25, -0.2) is 0 Å². The van der Waals surface area contributed by atoms with Crippen LogP contribution in [0.1, 0.15) is 39.0 Å². The maximum atomic E-state index is 10.8. The molecule has 1 saturated carbocycles. The lowest BCUT2D eigenvalue weighted by Gasteiger charge is -2.29. The Morgan fingerprint density at radius 1 is 1.33 bits per heavy atom. The smallest absolute Gasteiger partial charge is 0.306 e. The molecule has 1 aliphatic rings. The molecule has 1 rings (SSSR count). The van der Waals surface area contributed by atoms with Crippen LogP contribution in [0.4, 0.5) is 0 Å². The average molecular weight is 213 g/mol. The first kappa shape index (κ1) is 12.5. The second-order valence-corrected chi connectivity index (χ2v) is 4.82. The Labute approximate surface area is 92.5 Å². The third kappa shape index (κ3) is 4.20. The molecule has 0 atom stereocenters. The zero-order chi connectivity index (χ0) is 11.3. The molecule has 0 heterocycles. The molecule has 1 N–H and O–H groups in total. The quantitative estimate of drug-likeness (QED) is 0.761. The van der Waals surface area contributed by atoms with E-state index in [2.05, 4.69) is 18.9 Å². The van der Waals surface area contributed by atoms with Gasteiger partial charge in [0.15, 0.2) is 0 Å². The van der Waals surface area contributed by atoms with Crippen LogP contribution in [-0.4, -0.2) is 36.1 Å². The Bertz CT molecular complexity index is 198. The Hall–Kier alpha value is -0.570. The van der Waals surface area contributed by atoms with Crippen LogP contribution in [0, 0.1) is 11.8 Å². The van der Waals surface area contributed by atoms with Gasteiger partial charge < -0.3 is 10.0 Å². The summed E-state index contributed by atoms with van der Waals surface area (Å²) in [6, 6.07) is 0. The molecule has 0 aromatic heterocycles. The molecule has 88 valence electrons. The molecule has 0 bridgehead atoms. The summed E-state index contributed by atoms with van der Waals surface area (Å²) in [5.74, 6) is 0.0465. The maximum Gasteiger partial charge on any atom is 0.306 e. The minimum absolute atomic E-state index is 0.0715. The monoisotopic (exact) mass is 213 g/mol. The molecule has 0 amide bonds. The predicted octanol–water partition coefficient (Wildman–Crippen LogP) is 2.22. The number of hydrogen-bond acceptors (Lipinski definition) is 2. The highest BCUT2D eigenvalue weighted by atomic mass is 16.4. The molecule has 0 unspecified atom stereocenters. The zero-order valence-corrected chi connectivity index (χ0v) is 9.91. The fourth-order valence-electron chi connectivity index (χ4n) is 2.51. The first-order valence-electron chi connectivity index (χ1n) is 6.04. The van der Waals surface area contributed by atoms with E-state index < -0.39 is 5.97 Å². The molecule has 3 nitrogen and oxygen atoms in total. The third-order valence-corrected chi connectivity index (χ3v) is 3.37. The lowest BCUT2D eigenvalue weighted by Crippen LogP contribution is -2.30. The van der Waals surface area contributed by atoms with Crippen molar-refractivity contribution < 1.29 is 9.90 Å². The van der Waals surface area contributed by atoms with Crippen molar-refractivity contribution in [1.29, 1.82) is 0 Å². The second-order valence-electron chi connectivity index (χ2n) is 4.82. The molecular weight excluding hydrogens is 190 g/mol. The summed E-state index contributed by atoms with van der Waals surface area (Å²) in [6.45, 7) is 4.48. The highest BCUT2D eigenvalue weighted by Crippen LogP contribution is 2.29. The van der Waals surface area contributed by atoms with Crippen LogP contribution in [0.3, 0.4) is 0 Å². The van der Waals surface area contributed by atoms with Gasteiger partial charge in [-0.3, -0.25) is 4.79 Å². The van der Waals surface area contributed by atoms with Crippen molar-refractivity contribution in [2.24, 2.45) is 11.8 Å². The fraction of sp³-hybridized carbons (Fsp3) is 0.917. The van der Waals surface area contributed by atoms with Crippen molar-refractivity contribution in [3.63, 3.8) is 0 Å². The first-order valence-corrected chi connectivity index (χ1v) is 6.04.